The van der Waals surface area contributed by atoms with Crippen LogP contribution in [0.2, 0.25) is 0 Å². The van der Waals surface area contributed by atoms with Crippen molar-refractivity contribution in [2.24, 2.45) is 5.73 Å². The molecule has 0 fully saturated rings. The van der Waals surface area contributed by atoms with E-state index in [0.29, 0.717) is 30.3 Å². The Labute approximate surface area is 103 Å². The zero-order valence-electron chi connectivity index (χ0n) is 9.96. The number of hydrogen-bond donors (Lipinski definition) is 2. The molecule has 7 heteroatoms. The van der Waals surface area contributed by atoms with Crippen LogP contribution in [0.3, 0.4) is 0 Å². The van der Waals surface area contributed by atoms with Crippen molar-refractivity contribution in [1.29, 1.82) is 0 Å². The van der Waals surface area contributed by atoms with Gasteiger partial charge in [-0.05, 0) is 18.6 Å². The standard InChI is InChI=1S/C11H13N7/c1-7-2-4-13-11-9(7)14-10(15-11)8-6-18(5-3-12)17-16-8/h2,4,6H,3,5,12H2,1H3,(H,13,14,15). The van der Waals surface area contributed by atoms with E-state index in [0.717, 1.165) is 11.1 Å². The Morgan fingerprint density at radius 3 is 3.11 bits per heavy atom. The van der Waals surface area contributed by atoms with Crippen LogP contribution in [-0.4, -0.2) is 36.5 Å². The molecule has 0 atom stereocenters. The number of imidazole rings is 1. The third-order valence-electron chi connectivity index (χ3n) is 2.74. The van der Waals surface area contributed by atoms with Crippen molar-refractivity contribution >= 4 is 11.2 Å². The summed E-state index contributed by atoms with van der Waals surface area (Å²) in [6, 6.07) is 1.94. The van der Waals surface area contributed by atoms with Crippen molar-refractivity contribution in [3.63, 3.8) is 0 Å². The second-order valence-electron chi connectivity index (χ2n) is 4.07. The lowest BCUT2D eigenvalue weighted by Gasteiger charge is -1.92. The van der Waals surface area contributed by atoms with Crippen LogP contribution in [0.25, 0.3) is 22.7 Å². The summed E-state index contributed by atoms with van der Waals surface area (Å²) in [5.74, 6) is 0.676. The third kappa shape index (κ3) is 1.74. The highest BCUT2D eigenvalue weighted by Gasteiger charge is 2.10. The molecule has 3 aromatic heterocycles. The van der Waals surface area contributed by atoms with E-state index >= 15 is 0 Å². The summed E-state index contributed by atoms with van der Waals surface area (Å²) < 4.78 is 1.70. The number of fused-ring (bicyclic) bond motifs is 1. The number of aromatic nitrogens is 6. The van der Waals surface area contributed by atoms with Gasteiger partial charge in [-0.1, -0.05) is 5.21 Å². The molecule has 0 spiro atoms. The predicted molar refractivity (Wildman–Crippen MR) is 66.7 cm³/mol. The number of nitrogens with one attached hydrogen (secondary N) is 1. The molecule has 18 heavy (non-hydrogen) atoms. The van der Waals surface area contributed by atoms with Crippen LogP contribution in [-0.2, 0) is 6.54 Å². The average molecular weight is 243 g/mol. The highest BCUT2D eigenvalue weighted by Crippen LogP contribution is 2.18. The molecule has 0 unspecified atom stereocenters. The van der Waals surface area contributed by atoms with Gasteiger partial charge < -0.3 is 10.7 Å². The molecule has 0 aromatic carbocycles. The van der Waals surface area contributed by atoms with Gasteiger partial charge in [-0.3, -0.25) is 4.68 Å². The molecule has 0 amide bonds. The van der Waals surface area contributed by atoms with Crippen molar-refractivity contribution in [3.8, 4) is 11.5 Å². The summed E-state index contributed by atoms with van der Waals surface area (Å²) in [5, 5.41) is 8.05. The van der Waals surface area contributed by atoms with Gasteiger partial charge in [-0.2, -0.15) is 0 Å². The Balaban J connectivity index is 2.05. The van der Waals surface area contributed by atoms with Gasteiger partial charge >= 0.3 is 0 Å². The second-order valence-corrected chi connectivity index (χ2v) is 4.07. The normalized spacial score (nSPS) is 11.2. The number of H-pyrrole nitrogens is 1. The highest BCUT2D eigenvalue weighted by atomic mass is 15.4. The number of rotatable bonds is 3. The number of nitrogens with zero attached hydrogens (tertiary/aromatic N) is 5. The lowest BCUT2D eigenvalue weighted by Crippen LogP contribution is -2.10. The van der Waals surface area contributed by atoms with E-state index in [1.165, 1.54) is 0 Å². The maximum Gasteiger partial charge on any atom is 0.178 e. The molecule has 0 bridgehead atoms. The number of hydrogen-bond acceptors (Lipinski definition) is 5. The summed E-state index contributed by atoms with van der Waals surface area (Å²) in [5.41, 5.74) is 8.89. The Bertz CT molecular complexity index is 682. The van der Waals surface area contributed by atoms with Crippen LogP contribution in [0.15, 0.2) is 18.5 Å². The van der Waals surface area contributed by atoms with Gasteiger partial charge in [0.15, 0.2) is 11.5 Å². The van der Waals surface area contributed by atoms with Gasteiger partial charge in [0.1, 0.15) is 5.69 Å². The Kier molecular flexibility index (Phi) is 2.52. The maximum atomic E-state index is 5.47. The molecule has 3 heterocycles. The first-order valence-corrected chi connectivity index (χ1v) is 5.70. The largest absolute Gasteiger partial charge is 0.335 e. The molecule has 0 radical (unpaired) electrons. The van der Waals surface area contributed by atoms with Gasteiger partial charge in [0.2, 0.25) is 0 Å². The fourth-order valence-electron chi connectivity index (χ4n) is 1.81. The van der Waals surface area contributed by atoms with E-state index in [-0.39, 0.29) is 0 Å². The summed E-state index contributed by atoms with van der Waals surface area (Å²) in [6.07, 6.45) is 3.56. The van der Waals surface area contributed by atoms with Gasteiger partial charge in [-0.15, -0.1) is 5.10 Å². The van der Waals surface area contributed by atoms with Gasteiger partial charge in [-0.25, -0.2) is 9.97 Å². The molecule has 0 aliphatic carbocycles. The molecule has 0 saturated heterocycles. The average Bonchev–Trinajstić information content (AvgIpc) is 2.96. The van der Waals surface area contributed by atoms with Crippen LogP contribution < -0.4 is 5.73 Å². The summed E-state index contributed by atoms with van der Waals surface area (Å²) in [6.45, 7) is 3.19. The number of aromatic amines is 1. The Hall–Kier alpha value is -2.28. The van der Waals surface area contributed by atoms with Crippen LogP contribution in [0, 0.1) is 6.92 Å². The van der Waals surface area contributed by atoms with Crippen molar-refractivity contribution in [2.45, 2.75) is 13.5 Å². The van der Waals surface area contributed by atoms with E-state index in [1.54, 1.807) is 10.9 Å². The van der Waals surface area contributed by atoms with E-state index in [1.807, 2.05) is 19.2 Å². The van der Waals surface area contributed by atoms with E-state index in [2.05, 4.69) is 25.3 Å². The van der Waals surface area contributed by atoms with E-state index in [4.69, 9.17) is 5.73 Å². The van der Waals surface area contributed by atoms with Crippen molar-refractivity contribution in [3.05, 3.63) is 24.0 Å². The maximum absolute atomic E-state index is 5.47. The molecule has 92 valence electrons. The van der Waals surface area contributed by atoms with E-state index < -0.39 is 0 Å². The first-order chi connectivity index (χ1) is 8.78. The lowest BCUT2D eigenvalue weighted by molar-refractivity contribution is 0.598. The zero-order valence-corrected chi connectivity index (χ0v) is 9.96. The topological polar surface area (TPSA) is 98.3 Å². The molecule has 3 N–H and O–H groups in total. The molecule has 0 aliphatic heterocycles. The molecule has 7 nitrogen and oxygen atoms in total. The monoisotopic (exact) mass is 243 g/mol. The fraction of sp³-hybridized carbons (Fsp3) is 0.273. The summed E-state index contributed by atoms with van der Waals surface area (Å²) in [4.78, 5) is 11.8. The molecule has 3 aromatic rings. The van der Waals surface area contributed by atoms with Crippen molar-refractivity contribution in [1.82, 2.24) is 29.9 Å². The number of pyridine rings is 1. The molecular formula is C11H13N7. The Morgan fingerprint density at radius 1 is 1.44 bits per heavy atom. The molecule has 3 rings (SSSR count). The smallest absolute Gasteiger partial charge is 0.178 e. The number of aryl methyl sites for hydroxylation is 1. The first-order valence-electron chi connectivity index (χ1n) is 5.70. The van der Waals surface area contributed by atoms with Crippen molar-refractivity contribution < 1.29 is 0 Å². The van der Waals surface area contributed by atoms with Crippen LogP contribution in [0.4, 0.5) is 0 Å². The first kappa shape index (κ1) is 10.8. The minimum atomic E-state index is 0.531. The second kappa shape index (κ2) is 4.19. The minimum Gasteiger partial charge on any atom is -0.335 e. The summed E-state index contributed by atoms with van der Waals surface area (Å²) in [7, 11) is 0. The lowest BCUT2D eigenvalue weighted by atomic mass is 10.3. The zero-order chi connectivity index (χ0) is 12.5. The molecule has 0 aliphatic rings. The highest BCUT2D eigenvalue weighted by molar-refractivity contribution is 5.77. The molecular weight excluding hydrogens is 230 g/mol. The quantitative estimate of drug-likeness (QED) is 0.697. The van der Waals surface area contributed by atoms with Gasteiger partial charge in [0.25, 0.3) is 0 Å². The van der Waals surface area contributed by atoms with Crippen LogP contribution in [0.1, 0.15) is 5.56 Å². The van der Waals surface area contributed by atoms with Gasteiger partial charge in [0, 0.05) is 12.7 Å². The van der Waals surface area contributed by atoms with Crippen LogP contribution in [0.5, 0.6) is 0 Å². The fourth-order valence-corrected chi connectivity index (χ4v) is 1.81. The predicted octanol–water partition coefficient (Wildman–Crippen LogP) is 0.484. The minimum absolute atomic E-state index is 0.531. The van der Waals surface area contributed by atoms with E-state index in [9.17, 15) is 0 Å². The number of nitrogens with two attached hydrogens (primary N) is 1. The van der Waals surface area contributed by atoms with Gasteiger partial charge in [0.05, 0.1) is 18.3 Å². The van der Waals surface area contributed by atoms with Crippen LogP contribution >= 0.6 is 0 Å². The van der Waals surface area contributed by atoms with Crippen molar-refractivity contribution in [2.75, 3.05) is 6.54 Å². The SMILES string of the molecule is Cc1ccnc2nc(-c3cn(CCN)nn3)[nH]c12. The molecule has 0 saturated carbocycles. The third-order valence-corrected chi connectivity index (χ3v) is 2.74. The Morgan fingerprint density at radius 2 is 2.33 bits per heavy atom. The summed E-state index contributed by atoms with van der Waals surface area (Å²) >= 11 is 0.